The van der Waals surface area contributed by atoms with Gasteiger partial charge in [-0.3, -0.25) is 9.59 Å². The zero-order chi connectivity index (χ0) is 30.8. The molecule has 0 atom stereocenters. The molecule has 4 aromatic rings. The van der Waals surface area contributed by atoms with Crippen molar-refractivity contribution >= 4 is 46.8 Å². The van der Waals surface area contributed by atoms with Crippen LogP contribution in [0.15, 0.2) is 65.7 Å². The highest BCUT2D eigenvalue weighted by Gasteiger charge is 2.14. The van der Waals surface area contributed by atoms with Gasteiger partial charge in [-0.2, -0.15) is 0 Å². The van der Waals surface area contributed by atoms with Crippen LogP contribution >= 0.6 is 11.8 Å². The first-order valence-corrected chi connectivity index (χ1v) is 15.5. The van der Waals surface area contributed by atoms with Crippen LogP contribution in [0.5, 0.6) is 11.5 Å². The number of aliphatic carboxylic acids is 2. The van der Waals surface area contributed by atoms with Gasteiger partial charge in [0.15, 0.2) is 0 Å². The Balaban J connectivity index is 1.33. The zero-order valence-electron chi connectivity index (χ0n) is 25.0. The van der Waals surface area contributed by atoms with Gasteiger partial charge in [0.1, 0.15) is 18.0 Å². The number of carboxylic acid groups (broad SMARTS) is 2. The molecular formula is C35H39NO6S. The third-order valence-electron chi connectivity index (χ3n) is 6.99. The normalized spacial score (nSPS) is 11.3. The van der Waals surface area contributed by atoms with Crippen LogP contribution in [-0.2, 0) is 16.1 Å². The molecule has 0 aliphatic heterocycles. The first-order valence-electron chi connectivity index (χ1n) is 14.5. The predicted molar refractivity (Wildman–Crippen MR) is 173 cm³/mol. The second-order valence-electron chi connectivity index (χ2n) is 10.6. The number of hydrogen-bond donors (Lipinski definition) is 2. The molecule has 3 aromatic carbocycles. The number of aryl methyl sites for hydroxylation is 3. The van der Waals surface area contributed by atoms with Crippen molar-refractivity contribution in [2.75, 3.05) is 19.0 Å². The SMILES string of the molecule is Cc1cc(C)c(OCCCCOc2ccc(/C=C/c3cccc4c(SCCCC(=O)O)cn(CC(=O)O)c34)cc2)c(C)c1. The fourth-order valence-electron chi connectivity index (χ4n) is 5.11. The predicted octanol–water partition coefficient (Wildman–Crippen LogP) is 8.02. The largest absolute Gasteiger partial charge is 0.494 e. The van der Waals surface area contributed by atoms with Crippen LogP contribution in [0.4, 0.5) is 0 Å². The van der Waals surface area contributed by atoms with Crippen molar-refractivity contribution in [2.24, 2.45) is 0 Å². The summed E-state index contributed by atoms with van der Waals surface area (Å²) < 4.78 is 13.7. The Morgan fingerprint density at radius 2 is 1.56 bits per heavy atom. The van der Waals surface area contributed by atoms with Gasteiger partial charge < -0.3 is 24.3 Å². The standard InChI is InChI=1S/C35H39NO6S/c1-24-20-25(2)35(26(3)21-24)42-18-5-4-17-41-29-15-12-27(13-16-29)11-14-28-8-6-9-30-31(43-19-7-10-32(37)38)22-36(34(28)30)23-33(39)40/h6,8-9,11-16,20-22H,4-5,7,10,17-19,23H2,1-3H3,(H,37,38)(H,39,40)/b14-11+. The molecule has 226 valence electrons. The number of nitrogens with zero attached hydrogens (tertiary/aromatic N) is 1. The average Bonchev–Trinajstić information content (AvgIpc) is 3.30. The maximum Gasteiger partial charge on any atom is 0.323 e. The van der Waals surface area contributed by atoms with E-state index in [0.29, 0.717) is 25.4 Å². The zero-order valence-corrected chi connectivity index (χ0v) is 25.8. The molecule has 1 aromatic heterocycles. The second-order valence-corrected chi connectivity index (χ2v) is 11.8. The van der Waals surface area contributed by atoms with Gasteiger partial charge in [0.2, 0.25) is 0 Å². The van der Waals surface area contributed by atoms with Crippen LogP contribution in [-0.4, -0.2) is 45.7 Å². The first-order chi connectivity index (χ1) is 20.7. The van der Waals surface area contributed by atoms with Crippen molar-refractivity contribution in [1.29, 1.82) is 0 Å². The highest BCUT2D eigenvalue weighted by molar-refractivity contribution is 7.99. The Morgan fingerprint density at radius 1 is 0.860 bits per heavy atom. The van der Waals surface area contributed by atoms with Crippen molar-refractivity contribution in [3.05, 3.63) is 88.6 Å². The van der Waals surface area contributed by atoms with E-state index >= 15 is 0 Å². The number of carboxylic acids is 2. The average molecular weight is 602 g/mol. The fraction of sp³-hybridized carbons (Fsp3) is 0.314. The van der Waals surface area contributed by atoms with Crippen molar-refractivity contribution in [1.82, 2.24) is 4.57 Å². The lowest BCUT2D eigenvalue weighted by Crippen LogP contribution is -2.07. The van der Waals surface area contributed by atoms with Crippen molar-refractivity contribution in [2.45, 2.75) is 57.9 Å². The molecule has 8 heteroatoms. The summed E-state index contributed by atoms with van der Waals surface area (Å²) >= 11 is 1.55. The second kappa shape index (κ2) is 15.3. The molecule has 0 fully saturated rings. The number of thioether (sulfide) groups is 1. The quantitative estimate of drug-likeness (QED) is 0.0762. The monoisotopic (exact) mass is 601 g/mol. The van der Waals surface area contributed by atoms with Gasteiger partial charge in [0, 0.05) is 22.9 Å². The van der Waals surface area contributed by atoms with Gasteiger partial charge in [-0.15, -0.1) is 11.8 Å². The van der Waals surface area contributed by atoms with Gasteiger partial charge in [0.05, 0.1) is 18.7 Å². The number of fused-ring (bicyclic) bond motifs is 1. The van der Waals surface area contributed by atoms with Crippen molar-refractivity contribution in [3.63, 3.8) is 0 Å². The van der Waals surface area contributed by atoms with Crippen LogP contribution in [0.2, 0.25) is 0 Å². The van der Waals surface area contributed by atoms with Gasteiger partial charge in [-0.1, -0.05) is 60.2 Å². The molecule has 4 rings (SSSR count). The van der Waals surface area contributed by atoms with Gasteiger partial charge in [-0.25, -0.2) is 0 Å². The molecule has 0 unspecified atom stereocenters. The Labute approximate surface area is 257 Å². The molecule has 43 heavy (non-hydrogen) atoms. The van der Waals surface area contributed by atoms with Gasteiger partial charge >= 0.3 is 11.9 Å². The summed E-state index contributed by atoms with van der Waals surface area (Å²) in [6.45, 7) is 7.38. The summed E-state index contributed by atoms with van der Waals surface area (Å²) in [7, 11) is 0. The van der Waals surface area contributed by atoms with E-state index in [1.54, 1.807) is 16.3 Å². The highest BCUT2D eigenvalue weighted by atomic mass is 32.2. The molecule has 7 nitrogen and oxygen atoms in total. The van der Waals surface area contributed by atoms with Crippen LogP contribution in [0.3, 0.4) is 0 Å². The van der Waals surface area contributed by atoms with Gasteiger partial charge in [0.25, 0.3) is 0 Å². The number of carbonyl (C=O) groups is 2. The van der Waals surface area contributed by atoms with Crippen molar-refractivity contribution < 1.29 is 29.3 Å². The molecule has 1 heterocycles. The maximum absolute atomic E-state index is 11.6. The molecule has 0 spiro atoms. The van der Waals surface area contributed by atoms with Crippen molar-refractivity contribution in [3.8, 4) is 11.5 Å². The Kier molecular flexibility index (Phi) is 11.3. The van der Waals surface area contributed by atoms with Crippen LogP contribution < -0.4 is 9.47 Å². The molecule has 0 radical (unpaired) electrons. The Hall–Kier alpha value is -4.17. The van der Waals surface area contributed by atoms with E-state index in [4.69, 9.17) is 14.6 Å². The minimum Gasteiger partial charge on any atom is -0.494 e. The summed E-state index contributed by atoms with van der Waals surface area (Å²) in [5.74, 6) is 0.704. The lowest BCUT2D eigenvalue weighted by Gasteiger charge is -2.13. The summed E-state index contributed by atoms with van der Waals surface area (Å²) in [4.78, 5) is 23.4. The smallest absolute Gasteiger partial charge is 0.323 e. The minimum atomic E-state index is -0.919. The molecule has 0 saturated heterocycles. The van der Waals surface area contributed by atoms with E-state index in [2.05, 4.69) is 32.9 Å². The van der Waals surface area contributed by atoms with Gasteiger partial charge in [-0.05, 0) is 80.2 Å². The van der Waals surface area contributed by atoms with E-state index in [1.165, 1.54) is 16.7 Å². The molecule has 0 aliphatic carbocycles. The third-order valence-corrected chi connectivity index (χ3v) is 8.11. The molecule has 0 bridgehead atoms. The Morgan fingerprint density at radius 3 is 2.23 bits per heavy atom. The number of ether oxygens (including phenoxy) is 2. The summed E-state index contributed by atoms with van der Waals surface area (Å²) in [6, 6.07) is 18.1. The number of para-hydroxylation sites is 1. The lowest BCUT2D eigenvalue weighted by atomic mass is 10.1. The molecule has 0 amide bonds. The van der Waals surface area contributed by atoms with Crippen LogP contribution in [0.25, 0.3) is 23.1 Å². The fourth-order valence-corrected chi connectivity index (χ4v) is 6.14. The number of benzene rings is 3. The highest BCUT2D eigenvalue weighted by Crippen LogP contribution is 2.33. The first kappa shape index (κ1) is 31.8. The molecule has 0 saturated carbocycles. The van der Waals surface area contributed by atoms with Crippen LogP contribution in [0.1, 0.15) is 53.5 Å². The summed E-state index contributed by atoms with van der Waals surface area (Å²) in [5.41, 5.74) is 6.34. The summed E-state index contributed by atoms with van der Waals surface area (Å²) in [6.07, 6.45) is 8.31. The van der Waals surface area contributed by atoms with E-state index in [1.807, 2.05) is 60.8 Å². The topological polar surface area (TPSA) is 98.0 Å². The minimum absolute atomic E-state index is 0.113. The van der Waals surface area contributed by atoms with E-state index in [-0.39, 0.29) is 13.0 Å². The maximum atomic E-state index is 11.6. The number of hydrogen-bond acceptors (Lipinski definition) is 5. The van der Waals surface area contributed by atoms with E-state index in [9.17, 15) is 14.7 Å². The number of aromatic nitrogens is 1. The van der Waals surface area contributed by atoms with E-state index < -0.39 is 11.9 Å². The molecule has 2 N–H and O–H groups in total. The third kappa shape index (κ3) is 9.16. The molecular weight excluding hydrogens is 562 g/mol. The molecule has 0 aliphatic rings. The van der Waals surface area contributed by atoms with Crippen LogP contribution in [0, 0.1) is 20.8 Å². The van der Waals surface area contributed by atoms with E-state index in [0.717, 1.165) is 51.3 Å². The Bertz CT molecular complexity index is 1570. The summed E-state index contributed by atoms with van der Waals surface area (Å²) in [5, 5.41) is 19.4. The number of unbranched alkanes of at least 4 members (excludes halogenated alkanes) is 1. The number of rotatable bonds is 16. The lowest BCUT2D eigenvalue weighted by molar-refractivity contribution is -0.138.